The molecule has 0 atom stereocenters. The van der Waals surface area contributed by atoms with Gasteiger partial charge < -0.3 is 10.1 Å². The van der Waals surface area contributed by atoms with Gasteiger partial charge in [0.25, 0.3) is 0 Å². The molecule has 0 amide bonds. The summed E-state index contributed by atoms with van der Waals surface area (Å²) in [6.07, 6.45) is 1.17. The molecule has 20 heavy (non-hydrogen) atoms. The molecule has 0 fully saturated rings. The summed E-state index contributed by atoms with van der Waals surface area (Å²) in [5, 5.41) is 3.40. The summed E-state index contributed by atoms with van der Waals surface area (Å²) < 4.78 is 6.81. The van der Waals surface area contributed by atoms with Crippen molar-refractivity contribution in [2.75, 3.05) is 6.54 Å². The second-order valence-electron chi connectivity index (χ2n) is 4.74. The molecule has 106 valence electrons. The van der Waals surface area contributed by atoms with E-state index in [0.717, 1.165) is 23.3 Å². The van der Waals surface area contributed by atoms with Crippen LogP contribution >= 0.6 is 15.9 Å². The smallest absolute Gasteiger partial charge is 0.119 e. The Morgan fingerprint density at radius 2 is 1.60 bits per heavy atom. The number of ether oxygens (including phenoxy) is 1. The zero-order valence-electron chi connectivity index (χ0n) is 11.7. The molecule has 0 saturated heterocycles. The molecule has 1 N–H and O–H groups in total. The average molecular weight is 334 g/mol. The van der Waals surface area contributed by atoms with Crippen molar-refractivity contribution in [2.45, 2.75) is 26.5 Å². The zero-order chi connectivity index (χ0) is 14.2. The minimum absolute atomic E-state index is 0.601. The molecular formula is C17H20BrNO. The largest absolute Gasteiger partial charge is 0.489 e. The van der Waals surface area contributed by atoms with E-state index < -0.39 is 0 Å². The second kappa shape index (κ2) is 8.08. The predicted octanol–water partition coefficient (Wildman–Crippen LogP) is 4.53. The van der Waals surface area contributed by atoms with Crippen LogP contribution in [0, 0.1) is 0 Å². The van der Waals surface area contributed by atoms with Gasteiger partial charge in [0.15, 0.2) is 0 Å². The van der Waals surface area contributed by atoms with E-state index in [0.29, 0.717) is 6.61 Å². The van der Waals surface area contributed by atoms with Crippen molar-refractivity contribution in [3.63, 3.8) is 0 Å². The molecular weight excluding hydrogens is 314 g/mol. The first-order valence-corrected chi connectivity index (χ1v) is 7.74. The highest BCUT2D eigenvalue weighted by molar-refractivity contribution is 9.10. The van der Waals surface area contributed by atoms with Gasteiger partial charge in [-0.15, -0.1) is 0 Å². The lowest BCUT2D eigenvalue weighted by Gasteiger charge is -2.08. The lowest BCUT2D eigenvalue weighted by atomic mass is 10.1. The Bertz CT molecular complexity index is 508. The highest BCUT2D eigenvalue weighted by Gasteiger charge is 1.97. The molecule has 2 nitrogen and oxygen atoms in total. The Balaban J connectivity index is 1.82. The van der Waals surface area contributed by atoms with Crippen molar-refractivity contribution in [1.29, 1.82) is 0 Å². The van der Waals surface area contributed by atoms with Crippen LogP contribution in [0.2, 0.25) is 0 Å². The Kier molecular flexibility index (Phi) is 6.09. The molecule has 0 radical (unpaired) electrons. The van der Waals surface area contributed by atoms with E-state index in [1.54, 1.807) is 0 Å². The summed E-state index contributed by atoms with van der Waals surface area (Å²) in [6.45, 7) is 4.77. The van der Waals surface area contributed by atoms with E-state index in [1.807, 2.05) is 24.3 Å². The summed E-state index contributed by atoms with van der Waals surface area (Å²) >= 11 is 3.41. The molecule has 0 bridgehead atoms. The lowest BCUT2D eigenvalue weighted by Crippen LogP contribution is -2.13. The van der Waals surface area contributed by atoms with Crippen LogP contribution in [0.3, 0.4) is 0 Å². The van der Waals surface area contributed by atoms with Crippen molar-refractivity contribution in [3.8, 4) is 5.75 Å². The average Bonchev–Trinajstić information content (AvgIpc) is 2.48. The molecule has 2 rings (SSSR count). The normalized spacial score (nSPS) is 10.5. The number of halogens is 1. The van der Waals surface area contributed by atoms with Crippen LogP contribution in [-0.4, -0.2) is 6.54 Å². The fourth-order valence-corrected chi connectivity index (χ4v) is 2.12. The highest BCUT2D eigenvalue weighted by Crippen LogP contribution is 2.17. The fraction of sp³-hybridized carbons (Fsp3) is 0.294. The van der Waals surface area contributed by atoms with Gasteiger partial charge in [0, 0.05) is 11.0 Å². The molecule has 0 aliphatic rings. The maximum Gasteiger partial charge on any atom is 0.119 e. The fourth-order valence-electron chi connectivity index (χ4n) is 1.86. The van der Waals surface area contributed by atoms with E-state index in [9.17, 15) is 0 Å². The summed E-state index contributed by atoms with van der Waals surface area (Å²) in [6, 6.07) is 16.5. The van der Waals surface area contributed by atoms with Gasteiger partial charge in [-0.05, 0) is 48.4 Å². The van der Waals surface area contributed by atoms with Crippen molar-refractivity contribution < 1.29 is 4.74 Å². The molecule has 2 aromatic carbocycles. The molecule has 0 heterocycles. The van der Waals surface area contributed by atoms with Crippen molar-refractivity contribution >= 4 is 15.9 Å². The van der Waals surface area contributed by atoms with Crippen LogP contribution in [0.15, 0.2) is 53.0 Å². The first kappa shape index (κ1) is 15.1. The molecule has 0 unspecified atom stereocenters. The lowest BCUT2D eigenvalue weighted by molar-refractivity contribution is 0.306. The van der Waals surface area contributed by atoms with Gasteiger partial charge in [0.05, 0.1) is 0 Å². The molecule has 3 heteroatoms. The third kappa shape index (κ3) is 4.99. The van der Waals surface area contributed by atoms with Gasteiger partial charge in [-0.1, -0.05) is 47.1 Å². The van der Waals surface area contributed by atoms with Gasteiger partial charge in [0.2, 0.25) is 0 Å². The number of rotatable bonds is 7. The topological polar surface area (TPSA) is 21.3 Å². The monoisotopic (exact) mass is 333 g/mol. The Morgan fingerprint density at radius 1 is 0.950 bits per heavy atom. The number of hydrogen-bond donors (Lipinski definition) is 1. The summed E-state index contributed by atoms with van der Waals surface area (Å²) in [5.74, 6) is 0.891. The Hall–Kier alpha value is -1.32. The summed E-state index contributed by atoms with van der Waals surface area (Å²) in [4.78, 5) is 0. The van der Waals surface area contributed by atoms with Gasteiger partial charge >= 0.3 is 0 Å². The first-order chi connectivity index (χ1) is 9.78. The van der Waals surface area contributed by atoms with E-state index in [2.05, 4.69) is 52.4 Å². The second-order valence-corrected chi connectivity index (χ2v) is 5.65. The van der Waals surface area contributed by atoms with Crippen molar-refractivity contribution in [1.82, 2.24) is 5.32 Å². The van der Waals surface area contributed by atoms with Crippen LogP contribution in [-0.2, 0) is 13.2 Å². The molecule has 0 spiro atoms. The first-order valence-electron chi connectivity index (χ1n) is 6.95. The Labute approximate surface area is 129 Å². The van der Waals surface area contributed by atoms with Crippen molar-refractivity contribution in [2.24, 2.45) is 0 Å². The third-order valence-electron chi connectivity index (χ3n) is 3.00. The third-order valence-corrected chi connectivity index (χ3v) is 3.53. The minimum atomic E-state index is 0.601. The minimum Gasteiger partial charge on any atom is -0.489 e. The quantitative estimate of drug-likeness (QED) is 0.751. The van der Waals surface area contributed by atoms with E-state index >= 15 is 0 Å². The van der Waals surface area contributed by atoms with Gasteiger partial charge in [0.1, 0.15) is 12.4 Å². The number of nitrogens with one attached hydrogen (secondary N) is 1. The number of benzene rings is 2. The standard InChI is InChI=1S/C17H20BrNO/c1-2-11-19-12-14-3-5-15(6-4-14)13-20-17-9-7-16(18)8-10-17/h3-10,19H,2,11-13H2,1H3. The van der Waals surface area contributed by atoms with Crippen LogP contribution < -0.4 is 10.1 Å². The van der Waals surface area contributed by atoms with E-state index in [-0.39, 0.29) is 0 Å². The molecule has 0 aliphatic heterocycles. The molecule has 0 aliphatic carbocycles. The van der Waals surface area contributed by atoms with Gasteiger partial charge in [-0.2, -0.15) is 0 Å². The summed E-state index contributed by atoms with van der Waals surface area (Å²) in [5.41, 5.74) is 2.50. The molecule has 2 aromatic rings. The summed E-state index contributed by atoms with van der Waals surface area (Å²) in [7, 11) is 0. The van der Waals surface area contributed by atoms with Crippen LogP contribution in [0.25, 0.3) is 0 Å². The molecule has 0 saturated carbocycles. The van der Waals surface area contributed by atoms with E-state index in [4.69, 9.17) is 4.74 Å². The van der Waals surface area contributed by atoms with Crippen LogP contribution in [0.4, 0.5) is 0 Å². The van der Waals surface area contributed by atoms with Crippen LogP contribution in [0.1, 0.15) is 24.5 Å². The van der Waals surface area contributed by atoms with Gasteiger partial charge in [-0.25, -0.2) is 0 Å². The SMILES string of the molecule is CCCNCc1ccc(COc2ccc(Br)cc2)cc1. The Morgan fingerprint density at radius 3 is 2.25 bits per heavy atom. The van der Waals surface area contributed by atoms with Gasteiger partial charge in [-0.3, -0.25) is 0 Å². The zero-order valence-corrected chi connectivity index (χ0v) is 13.3. The maximum atomic E-state index is 5.75. The highest BCUT2D eigenvalue weighted by atomic mass is 79.9. The van der Waals surface area contributed by atoms with E-state index in [1.165, 1.54) is 17.5 Å². The van der Waals surface area contributed by atoms with Crippen LogP contribution in [0.5, 0.6) is 5.75 Å². The maximum absolute atomic E-state index is 5.75. The number of hydrogen-bond acceptors (Lipinski definition) is 2. The molecule has 0 aromatic heterocycles. The predicted molar refractivity (Wildman–Crippen MR) is 86.9 cm³/mol. The van der Waals surface area contributed by atoms with Crippen molar-refractivity contribution in [3.05, 3.63) is 64.1 Å².